The van der Waals surface area contributed by atoms with Gasteiger partial charge in [-0.25, -0.2) is 12.8 Å². The second-order valence-corrected chi connectivity index (χ2v) is 9.59. The topological polar surface area (TPSA) is 105 Å². The van der Waals surface area contributed by atoms with Crippen molar-refractivity contribution in [2.45, 2.75) is 4.90 Å². The fourth-order valence-electron chi connectivity index (χ4n) is 3.23. The first-order valence-corrected chi connectivity index (χ1v) is 11.7. The fraction of sp³-hybridized carbons (Fsp3) is 0.333. The number of halogens is 2. The lowest BCUT2D eigenvalue weighted by Crippen LogP contribution is -2.40. The van der Waals surface area contributed by atoms with Crippen LogP contribution in [0, 0.1) is 5.82 Å². The van der Waals surface area contributed by atoms with E-state index in [2.05, 4.69) is 5.32 Å². The second-order valence-electron chi connectivity index (χ2n) is 7.21. The molecule has 2 aromatic rings. The molecular weight excluding hydrogens is 477 g/mol. The van der Waals surface area contributed by atoms with E-state index in [1.807, 2.05) is 0 Å². The van der Waals surface area contributed by atoms with Crippen LogP contribution in [0.2, 0.25) is 5.02 Å². The van der Waals surface area contributed by atoms with E-state index in [1.165, 1.54) is 24.5 Å². The predicted octanol–water partition coefficient (Wildman–Crippen LogP) is 2.22. The lowest BCUT2D eigenvalue weighted by Gasteiger charge is -2.26. The van der Waals surface area contributed by atoms with Crippen molar-refractivity contribution in [2.24, 2.45) is 0 Å². The van der Waals surface area contributed by atoms with E-state index >= 15 is 0 Å². The molecule has 12 heteroatoms. The third-order valence-electron chi connectivity index (χ3n) is 4.94. The molecule has 0 atom stereocenters. The maximum atomic E-state index is 14.4. The summed E-state index contributed by atoms with van der Waals surface area (Å²) in [5.74, 6) is -1.96. The van der Waals surface area contributed by atoms with Crippen molar-refractivity contribution in [3.63, 3.8) is 0 Å². The van der Waals surface area contributed by atoms with Gasteiger partial charge >= 0.3 is 0 Å². The standard InChI is InChI=1S/C21H23ClFN3O6S/c1-25(13-20(27)24-18-11-14(22)3-6-19(18)31-2)21(28)16-12-15(4-5-17(16)23)33(29,30)26-7-9-32-10-8-26/h3-6,11-12H,7-10,13H2,1-2H3,(H,24,27). The summed E-state index contributed by atoms with van der Waals surface area (Å²) in [4.78, 5) is 26.0. The van der Waals surface area contributed by atoms with E-state index in [-0.39, 0.29) is 31.2 Å². The number of rotatable bonds is 7. The molecule has 0 bridgehead atoms. The number of carbonyl (C=O) groups excluding carboxylic acids is 2. The van der Waals surface area contributed by atoms with Crippen LogP contribution in [0.3, 0.4) is 0 Å². The summed E-state index contributed by atoms with van der Waals surface area (Å²) >= 11 is 5.95. The largest absolute Gasteiger partial charge is 0.495 e. The van der Waals surface area contributed by atoms with Crippen molar-refractivity contribution in [1.82, 2.24) is 9.21 Å². The quantitative estimate of drug-likeness (QED) is 0.626. The highest BCUT2D eigenvalue weighted by molar-refractivity contribution is 7.89. The zero-order chi connectivity index (χ0) is 24.2. The van der Waals surface area contributed by atoms with E-state index in [4.69, 9.17) is 21.1 Å². The highest BCUT2D eigenvalue weighted by Crippen LogP contribution is 2.27. The van der Waals surface area contributed by atoms with Crippen LogP contribution in [-0.4, -0.2) is 76.4 Å². The van der Waals surface area contributed by atoms with Gasteiger partial charge in [0.1, 0.15) is 11.6 Å². The molecule has 9 nitrogen and oxygen atoms in total. The molecule has 3 rings (SSSR count). The average Bonchev–Trinajstić information content (AvgIpc) is 2.79. The van der Waals surface area contributed by atoms with E-state index in [1.54, 1.807) is 12.1 Å². The van der Waals surface area contributed by atoms with Gasteiger partial charge in [-0.3, -0.25) is 9.59 Å². The van der Waals surface area contributed by atoms with Gasteiger partial charge in [-0.15, -0.1) is 0 Å². The fourth-order valence-corrected chi connectivity index (χ4v) is 4.83. The van der Waals surface area contributed by atoms with E-state index in [0.29, 0.717) is 16.5 Å². The molecule has 178 valence electrons. The first-order valence-electron chi connectivity index (χ1n) is 9.90. The van der Waals surface area contributed by atoms with Crippen LogP contribution in [0.25, 0.3) is 0 Å². The Bertz CT molecular complexity index is 1150. The lowest BCUT2D eigenvalue weighted by atomic mass is 10.2. The highest BCUT2D eigenvalue weighted by Gasteiger charge is 2.28. The number of hydrogen-bond acceptors (Lipinski definition) is 6. The summed E-state index contributed by atoms with van der Waals surface area (Å²) in [6.45, 7) is 0.406. The number of amides is 2. The van der Waals surface area contributed by atoms with Crippen LogP contribution in [0.4, 0.5) is 10.1 Å². The molecule has 33 heavy (non-hydrogen) atoms. The Balaban J connectivity index is 1.75. The van der Waals surface area contributed by atoms with Gasteiger partial charge in [-0.05, 0) is 36.4 Å². The van der Waals surface area contributed by atoms with Crippen molar-refractivity contribution in [3.8, 4) is 5.75 Å². The van der Waals surface area contributed by atoms with Gasteiger partial charge in [0.05, 0.1) is 43.0 Å². The molecule has 0 spiro atoms. The van der Waals surface area contributed by atoms with Crippen molar-refractivity contribution in [2.75, 3.05) is 52.3 Å². The number of likely N-dealkylation sites (N-methyl/N-ethyl adjacent to an activating group) is 1. The number of nitrogens with zero attached hydrogens (tertiary/aromatic N) is 2. The third kappa shape index (κ3) is 5.80. The third-order valence-corrected chi connectivity index (χ3v) is 7.07. The number of nitrogens with one attached hydrogen (secondary N) is 1. The number of hydrogen-bond donors (Lipinski definition) is 1. The molecule has 0 aromatic heterocycles. The monoisotopic (exact) mass is 499 g/mol. The Hall–Kier alpha value is -2.73. The number of benzene rings is 2. The van der Waals surface area contributed by atoms with Crippen LogP contribution in [-0.2, 0) is 19.6 Å². The van der Waals surface area contributed by atoms with E-state index < -0.39 is 39.8 Å². The Kier molecular flexibility index (Phi) is 7.90. The molecule has 0 aliphatic carbocycles. The predicted molar refractivity (Wildman–Crippen MR) is 120 cm³/mol. The Morgan fingerprint density at radius 2 is 1.91 bits per heavy atom. The molecular formula is C21H23ClFN3O6S. The van der Waals surface area contributed by atoms with Crippen molar-refractivity contribution >= 4 is 39.1 Å². The summed E-state index contributed by atoms with van der Waals surface area (Å²) < 4.78 is 51.7. The number of sulfonamides is 1. The van der Waals surface area contributed by atoms with Crippen molar-refractivity contribution in [1.29, 1.82) is 0 Å². The van der Waals surface area contributed by atoms with E-state index in [9.17, 15) is 22.4 Å². The van der Waals surface area contributed by atoms with Gasteiger partial charge in [0.15, 0.2) is 0 Å². The Morgan fingerprint density at radius 1 is 1.21 bits per heavy atom. The number of ether oxygens (including phenoxy) is 2. The number of anilines is 1. The minimum absolute atomic E-state index is 0.163. The van der Waals surface area contributed by atoms with Crippen LogP contribution in [0.1, 0.15) is 10.4 Å². The normalized spacial score (nSPS) is 14.5. The molecule has 1 heterocycles. The zero-order valence-electron chi connectivity index (χ0n) is 18.0. The smallest absolute Gasteiger partial charge is 0.257 e. The van der Waals surface area contributed by atoms with Crippen LogP contribution in [0.5, 0.6) is 5.75 Å². The van der Waals surface area contributed by atoms with E-state index in [0.717, 1.165) is 23.1 Å². The average molecular weight is 500 g/mol. The van der Waals surface area contributed by atoms with Crippen LogP contribution < -0.4 is 10.1 Å². The van der Waals surface area contributed by atoms with Gasteiger partial charge in [0.2, 0.25) is 15.9 Å². The van der Waals surface area contributed by atoms with Gasteiger partial charge in [0, 0.05) is 25.2 Å². The first-order chi connectivity index (χ1) is 15.6. The van der Waals surface area contributed by atoms with Crippen LogP contribution in [0.15, 0.2) is 41.3 Å². The number of morpholine rings is 1. The summed E-state index contributed by atoms with van der Waals surface area (Å²) in [6.07, 6.45) is 0. The van der Waals surface area contributed by atoms with Gasteiger partial charge in [0.25, 0.3) is 5.91 Å². The Morgan fingerprint density at radius 3 is 2.58 bits per heavy atom. The lowest BCUT2D eigenvalue weighted by molar-refractivity contribution is -0.116. The summed E-state index contributed by atoms with van der Waals surface area (Å²) in [6, 6.07) is 7.66. The van der Waals surface area contributed by atoms with Gasteiger partial charge in [-0.1, -0.05) is 11.6 Å². The minimum Gasteiger partial charge on any atom is -0.495 e. The molecule has 2 aromatic carbocycles. The maximum absolute atomic E-state index is 14.4. The summed E-state index contributed by atoms with van der Waals surface area (Å²) in [7, 11) is -1.19. The van der Waals surface area contributed by atoms with Crippen molar-refractivity contribution < 1.29 is 31.9 Å². The van der Waals surface area contributed by atoms with Gasteiger partial charge in [-0.2, -0.15) is 4.31 Å². The summed E-state index contributed by atoms with van der Waals surface area (Å²) in [5, 5.41) is 2.95. The number of carbonyl (C=O) groups is 2. The molecule has 0 saturated carbocycles. The second kappa shape index (κ2) is 10.5. The Labute approximate surface area is 196 Å². The molecule has 0 radical (unpaired) electrons. The minimum atomic E-state index is -3.93. The molecule has 1 aliphatic rings. The van der Waals surface area contributed by atoms with Gasteiger partial charge < -0.3 is 19.7 Å². The van der Waals surface area contributed by atoms with Crippen LogP contribution >= 0.6 is 11.6 Å². The molecule has 0 unspecified atom stereocenters. The molecule has 1 saturated heterocycles. The molecule has 1 fully saturated rings. The SMILES string of the molecule is COc1ccc(Cl)cc1NC(=O)CN(C)C(=O)c1cc(S(=O)(=O)N2CCOCC2)ccc1F. The summed E-state index contributed by atoms with van der Waals surface area (Å²) in [5.41, 5.74) is -0.152. The molecule has 1 N–H and O–H groups in total. The number of methoxy groups -OCH3 is 1. The molecule has 2 amide bonds. The molecule has 1 aliphatic heterocycles. The first kappa shape index (κ1) is 24.9. The zero-order valence-corrected chi connectivity index (χ0v) is 19.6. The van der Waals surface area contributed by atoms with Crippen molar-refractivity contribution in [3.05, 3.63) is 52.8 Å². The highest BCUT2D eigenvalue weighted by atomic mass is 35.5. The maximum Gasteiger partial charge on any atom is 0.257 e.